The van der Waals surface area contributed by atoms with Crippen LogP contribution in [0.2, 0.25) is 0 Å². The van der Waals surface area contributed by atoms with E-state index in [1.54, 1.807) is 10.8 Å². The molecule has 0 saturated heterocycles. The van der Waals surface area contributed by atoms with Gasteiger partial charge in [0.2, 0.25) is 0 Å². The molecule has 80 valence electrons. The van der Waals surface area contributed by atoms with Crippen LogP contribution in [0.1, 0.15) is 34.1 Å². The molecule has 0 heterocycles. The first-order valence-corrected chi connectivity index (χ1v) is 7.36. The summed E-state index contributed by atoms with van der Waals surface area (Å²) < 4.78 is -0.864. The SMILES string of the molecule is CC(CC(Cl)(Cl)Cl)SSC(C)(C)C. The maximum absolute atomic E-state index is 5.69. The molecule has 0 rings (SSSR count). The maximum atomic E-state index is 5.69. The highest BCUT2D eigenvalue weighted by Crippen LogP contribution is 2.42. The average molecular weight is 282 g/mol. The Kier molecular flexibility index (Phi) is 6.27. The minimum absolute atomic E-state index is 0.256. The zero-order valence-corrected chi connectivity index (χ0v) is 12.1. The van der Waals surface area contributed by atoms with E-state index in [4.69, 9.17) is 34.8 Å². The summed E-state index contributed by atoms with van der Waals surface area (Å²) in [6.45, 7) is 8.59. The van der Waals surface area contributed by atoms with E-state index >= 15 is 0 Å². The van der Waals surface area contributed by atoms with Gasteiger partial charge in [0.05, 0.1) is 0 Å². The van der Waals surface area contributed by atoms with Gasteiger partial charge >= 0.3 is 0 Å². The average Bonchev–Trinajstić information content (AvgIpc) is 1.78. The molecule has 0 nitrogen and oxygen atoms in total. The highest BCUT2D eigenvalue weighted by atomic mass is 35.6. The van der Waals surface area contributed by atoms with Gasteiger partial charge in [-0.2, -0.15) is 0 Å². The molecule has 5 heteroatoms. The van der Waals surface area contributed by atoms with E-state index in [1.807, 2.05) is 10.8 Å². The topological polar surface area (TPSA) is 0 Å². The molecule has 0 bridgehead atoms. The predicted octanol–water partition coefficient (Wildman–Crippen LogP) is 5.32. The molecular weight excluding hydrogens is 267 g/mol. The van der Waals surface area contributed by atoms with Gasteiger partial charge in [-0.25, -0.2) is 0 Å². The van der Waals surface area contributed by atoms with Gasteiger partial charge in [0.15, 0.2) is 3.79 Å². The molecule has 0 aliphatic heterocycles. The molecule has 13 heavy (non-hydrogen) atoms. The van der Waals surface area contributed by atoms with Crippen molar-refractivity contribution in [2.75, 3.05) is 0 Å². The highest BCUT2D eigenvalue weighted by molar-refractivity contribution is 8.77. The third-order valence-corrected chi connectivity index (χ3v) is 5.31. The fourth-order valence-corrected chi connectivity index (χ4v) is 3.89. The van der Waals surface area contributed by atoms with E-state index in [-0.39, 0.29) is 4.75 Å². The maximum Gasteiger partial charge on any atom is 0.191 e. The van der Waals surface area contributed by atoms with Gasteiger partial charge in [-0.15, -0.1) is 0 Å². The summed E-state index contributed by atoms with van der Waals surface area (Å²) >= 11 is 17.1. The van der Waals surface area contributed by atoms with Crippen LogP contribution in [-0.2, 0) is 0 Å². The Balaban J connectivity index is 3.70. The lowest BCUT2D eigenvalue weighted by atomic mass is 10.3. The highest BCUT2D eigenvalue weighted by Gasteiger charge is 2.24. The third-order valence-electron chi connectivity index (χ3n) is 0.981. The van der Waals surface area contributed by atoms with Crippen LogP contribution in [0.3, 0.4) is 0 Å². The van der Waals surface area contributed by atoms with Gasteiger partial charge < -0.3 is 0 Å². The van der Waals surface area contributed by atoms with Crippen molar-refractivity contribution in [1.29, 1.82) is 0 Å². The Hall–Kier alpha value is 1.57. The third kappa shape index (κ3) is 11.5. The summed E-state index contributed by atoms with van der Waals surface area (Å²) in [7, 11) is 3.60. The number of rotatable bonds is 3. The lowest BCUT2D eigenvalue weighted by Gasteiger charge is -2.21. The molecule has 0 aliphatic carbocycles. The minimum atomic E-state index is -1.12. The Bertz CT molecular complexity index is 148. The predicted molar refractivity (Wildman–Crippen MR) is 69.3 cm³/mol. The zero-order valence-electron chi connectivity index (χ0n) is 8.23. The molecule has 0 aromatic heterocycles. The molecule has 0 aromatic rings. The van der Waals surface area contributed by atoms with Crippen LogP contribution in [-0.4, -0.2) is 13.8 Å². The summed E-state index contributed by atoms with van der Waals surface area (Å²) in [6, 6.07) is 0. The number of hydrogen-bond acceptors (Lipinski definition) is 2. The Morgan fingerprint density at radius 1 is 1.15 bits per heavy atom. The zero-order chi connectivity index (χ0) is 10.7. The quantitative estimate of drug-likeness (QED) is 0.507. The largest absolute Gasteiger partial charge is 0.191 e. The Morgan fingerprint density at radius 3 is 1.92 bits per heavy atom. The van der Waals surface area contributed by atoms with Crippen LogP contribution >= 0.6 is 56.4 Å². The molecule has 0 aromatic carbocycles. The lowest BCUT2D eigenvalue weighted by molar-refractivity contribution is 0.808. The second-order valence-electron chi connectivity index (χ2n) is 3.92. The number of hydrogen-bond donors (Lipinski definition) is 0. The van der Waals surface area contributed by atoms with Crippen molar-refractivity contribution in [3.05, 3.63) is 0 Å². The van der Waals surface area contributed by atoms with Crippen molar-refractivity contribution in [3.63, 3.8) is 0 Å². The van der Waals surface area contributed by atoms with Crippen molar-refractivity contribution in [3.8, 4) is 0 Å². The molecule has 0 radical (unpaired) electrons. The van der Waals surface area contributed by atoms with Crippen molar-refractivity contribution in [2.45, 2.75) is 47.9 Å². The van der Waals surface area contributed by atoms with E-state index < -0.39 is 3.79 Å². The van der Waals surface area contributed by atoms with E-state index in [0.29, 0.717) is 11.7 Å². The second kappa shape index (κ2) is 5.60. The van der Waals surface area contributed by atoms with Crippen LogP contribution < -0.4 is 0 Å². The Labute approximate surface area is 104 Å². The van der Waals surface area contributed by atoms with Gasteiger partial charge in [-0.1, -0.05) is 84.1 Å². The first-order valence-electron chi connectivity index (χ1n) is 4.01. The van der Waals surface area contributed by atoms with Crippen LogP contribution in [0.5, 0.6) is 0 Å². The monoisotopic (exact) mass is 280 g/mol. The summed E-state index contributed by atoms with van der Waals surface area (Å²) in [5, 5.41) is 0.358. The second-order valence-corrected chi connectivity index (χ2v) is 9.90. The molecule has 0 fully saturated rings. The molecule has 0 aliphatic rings. The Morgan fingerprint density at radius 2 is 1.62 bits per heavy atom. The summed E-state index contributed by atoms with van der Waals surface area (Å²) in [4.78, 5) is 0. The molecule has 1 atom stereocenters. The van der Waals surface area contributed by atoms with E-state index in [2.05, 4.69) is 27.7 Å². The van der Waals surface area contributed by atoms with Crippen molar-refractivity contribution in [2.24, 2.45) is 0 Å². The van der Waals surface area contributed by atoms with Crippen molar-refractivity contribution < 1.29 is 0 Å². The van der Waals surface area contributed by atoms with Crippen LogP contribution in [0.25, 0.3) is 0 Å². The van der Waals surface area contributed by atoms with E-state index in [0.717, 1.165) is 0 Å². The molecule has 0 saturated carbocycles. The smallest absolute Gasteiger partial charge is 0.0903 e. The summed E-state index contributed by atoms with van der Waals surface area (Å²) in [6.07, 6.45) is 0.589. The molecule has 1 unspecified atom stereocenters. The summed E-state index contributed by atoms with van der Waals surface area (Å²) in [5.74, 6) is 0. The molecule has 0 N–H and O–H groups in total. The van der Waals surface area contributed by atoms with Crippen LogP contribution in [0, 0.1) is 0 Å². The molecule has 0 spiro atoms. The molecule has 0 amide bonds. The first-order chi connectivity index (χ1) is 5.60. The van der Waals surface area contributed by atoms with Gasteiger partial charge in [0.25, 0.3) is 0 Å². The van der Waals surface area contributed by atoms with Gasteiger partial charge in [-0.3, -0.25) is 0 Å². The molecular formula is C8H15Cl3S2. The van der Waals surface area contributed by atoms with Gasteiger partial charge in [0, 0.05) is 16.4 Å². The standard InChI is InChI=1S/C8H15Cl3S2/c1-6(5-8(9,10)11)12-13-7(2,3)4/h6H,5H2,1-4H3. The fraction of sp³-hybridized carbons (Fsp3) is 1.00. The number of halogens is 3. The summed E-state index contributed by atoms with van der Waals surface area (Å²) in [5.41, 5.74) is 0. The van der Waals surface area contributed by atoms with Crippen LogP contribution in [0.4, 0.5) is 0 Å². The van der Waals surface area contributed by atoms with Crippen LogP contribution in [0.15, 0.2) is 0 Å². The number of alkyl halides is 3. The van der Waals surface area contributed by atoms with Crippen molar-refractivity contribution >= 4 is 56.4 Å². The minimum Gasteiger partial charge on any atom is -0.0903 e. The lowest BCUT2D eigenvalue weighted by Crippen LogP contribution is -2.12. The normalized spacial score (nSPS) is 15.9. The van der Waals surface area contributed by atoms with Gasteiger partial charge in [-0.05, 0) is 0 Å². The van der Waals surface area contributed by atoms with Gasteiger partial charge in [0.1, 0.15) is 0 Å². The van der Waals surface area contributed by atoms with Crippen molar-refractivity contribution in [1.82, 2.24) is 0 Å². The first kappa shape index (κ1) is 14.6. The fourth-order valence-electron chi connectivity index (χ4n) is 0.586. The van der Waals surface area contributed by atoms with E-state index in [1.165, 1.54) is 0 Å². The van der Waals surface area contributed by atoms with E-state index in [9.17, 15) is 0 Å².